The number of benzene rings is 1. The molecule has 0 heterocycles. The van der Waals surface area contributed by atoms with E-state index in [9.17, 15) is 21.4 Å². The van der Waals surface area contributed by atoms with Crippen LogP contribution in [0.25, 0.3) is 0 Å². The predicted octanol–water partition coefficient (Wildman–Crippen LogP) is -2.37. The molecule has 0 aliphatic carbocycles. The fraction of sp³-hybridized carbons (Fsp3) is 0.400. The molecule has 1 aromatic rings. The third kappa shape index (κ3) is 5.38. The molecule has 1 rings (SSSR count). The average Bonchev–Trinajstić information content (AvgIpc) is 2.13. The van der Waals surface area contributed by atoms with Crippen LogP contribution in [0.4, 0.5) is 0 Å². The minimum Gasteiger partial charge on any atom is -0.748 e. The molecule has 0 spiro atoms. The summed E-state index contributed by atoms with van der Waals surface area (Å²) in [7, 11) is -8.24. The van der Waals surface area contributed by atoms with Crippen LogP contribution in [0.1, 0.15) is 11.1 Å². The maximum atomic E-state index is 11.8. The molecule has 8 heteroatoms. The van der Waals surface area contributed by atoms with Crippen LogP contribution >= 0.6 is 0 Å². The van der Waals surface area contributed by atoms with Crippen molar-refractivity contribution >= 4 is 20.0 Å². The Morgan fingerprint density at radius 3 is 2.06 bits per heavy atom. The molecule has 0 aromatic heterocycles. The second kappa shape index (κ2) is 6.49. The van der Waals surface area contributed by atoms with Crippen molar-refractivity contribution in [3.63, 3.8) is 0 Å². The Balaban J connectivity index is 0.00000289. The number of aryl methyl sites for hydroxylation is 2. The fourth-order valence-corrected chi connectivity index (χ4v) is 4.21. The Morgan fingerprint density at radius 2 is 1.61 bits per heavy atom. The van der Waals surface area contributed by atoms with Crippen molar-refractivity contribution in [2.24, 2.45) is 0 Å². The molecule has 0 atom stereocenters. The van der Waals surface area contributed by atoms with Gasteiger partial charge in [-0.15, -0.1) is 0 Å². The summed E-state index contributed by atoms with van der Waals surface area (Å²) in [4.78, 5) is 0.0757. The molecule has 18 heavy (non-hydrogen) atoms. The first kappa shape index (κ1) is 18.1. The molecule has 0 radical (unpaired) electrons. The van der Waals surface area contributed by atoms with Crippen molar-refractivity contribution in [1.82, 2.24) is 0 Å². The van der Waals surface area contributed by atoms with Crippen molar-refractivity contribution in [1.29, 1.82) is 0 Å². The summed E-state index contributed by atoms with van der Waals surface area (Å²) < 4.78 is 54.9. The van der Waals surface area contributed by atoms with Gasteiger partial charge in [-0.2, -0.15) is 0 Å². The van der Waals surface area contributed by atoms with Gasteiger partial charge >= 0.3 is 29.6 Å². The van der Waals surface area contributed by atoms with Gasteiger partial charge in [0.15, 0.2) is 9.84 Å². The van der Waals surface area contributed by atoms with E-state index in [4.69, 9.17) is 0 Å². The molecule has 0 aliphatic heterocycles. The summed E-state index contributed by atoms with van der Waals surface area (Å²) in [5.74, 6) is -1.58. The summed E-state index contributed by atoms with van der Waals surface area (Å²) >= 11 is 0. The van der Waals surface area contributed by atoms with Crippen LogP contribution in [-0.2, 0) is 20.0 Å². The van der Waals surface area contributed by atoms with E-state index in [-0.39, 0.29) is 34.5 Å². The number of hydrogen-bond acceptors (Lipinski definition) is 5. The van der Waals surface area contributed by atoms with E-state index < -0.39 is 31.5 Å². The summed E-state index contributed by atoms with van der Waals surface area (Å²) in [6.07, 6.45) is 0. The van der Waals surface area contributed by atoms with Crippen molar-refractivity contribution in [3.05, 3.63) is 29.3 Å². The quantitative estimate of drug-likeness (QED) is 0.458. The molecule has 0 N–H and O–H groups in total. The van der Waals surface area contributed by atoms with E-state index >= 15 is 0 Å². The van der Waals surface area contributed by atoms with Crippen LogP contribution in [0.15, 0.2) is 23.1 Å². The first-order chi connectivity index (χ1) is 7.62. The van der Waals surface area contributed by atoms with E-state index in [1.54, 1.807) is 19.1 Å². The topological polar surface area (TPSA) is 91.3 Å². The van der Waals surface area contributed by atoms with Crippen molar-refractivity contribution in [2.75, 3.05) is 11.5 Å². The van der Waals surface area contributed by atoms with E-state index in [2.05, 4.69) is 0 Å². The summed E-state index contributed by atoms with van der Waals surface area (Å²) in [5.41, 5.74) is 1.46. The third-order valence-corrected chi connectivity index (χ3v) is 5.10. The van der Waals surface area contributed by atoms with Crippen molar-refractivity contribution in [2.45, 2.75) is 18.7 Å². The first-order valence-corrected chi connectivity index (χ1v) is 8.08. The molecular weight excluding hydrogens is 287 g/mol. The van der Waals surface area contributed by atoms with Gasteiger partial charge in [0, 0.05) is 0 Å². The molecule has 0 saturated carbocycles. The SMILES string of the molecule is Cc1ccc(S(=O)(=O)CCS(=O)(=O)[O-])c(C)c1.[Na+]. The Bertz CT molecular complexity index is 620. The molecule has 0 amide bonds. The maximum absolute atomic E-state index is 11.8. The number of hydrogen-bond donors (Lipinski definition) is 0. The van der Waals surface area contributed by atoms with Gasteiger partial charge in [-0.05, 0) is 25.5 Å². The molecule has 96 valence electrons. The van der Waals surface area contributed by atoms with Crippen LogP contribution in [0, 0.1) is 13.8 Å². The monoisotopic (exact) mass is 300 g/mol. The van der Waals surface area contributed by atoms with Gasteiger partial charge in [-0.3, -0.25) is 0 Å². The predicted molar refractivity (Wildman–Crippen MR) is 62.5 cm³/mol. The minimum atomic E-state index is -4.52. The molecule has 0 saturated heterocycles. The van der Waals surface area contributed by atoms with Gasteiger partial charge in [0.05, 0.1) is 26.5 Å². The van der Waals surface area contributed by atoms with Crippen LogP contribution in [0.3, 0.4) is 0 Å². The smallest absolute Gasteiger partial charge is 0.748 e. The van der Waals surface area contributed by atoms with Crippen molar-refractivity contribution < 1.29 is 50.9 Å². The summed E-state index contributed by atoms with van der Waals surface area (Å²) in [6, 6.07) is 4.75. The van der Waals surface area contributed by atoms with Crippen LogP contribution in [-0.4, -0.2) is 32.9 Å². The van der Waals surface area contributed by atoms with Gasteiger partial charge in [0.25, 0.3) is 0 Å². The summed E-state index contributed by atoms with van der Waals surface area (Å²) in [5, 5.41) is 0. The maximum Gasteiger partial charge on any atom is 1.00 e. The normalized spacial score (nSPS) is 11.9. The largest absolute Gasteiger partial charge is 1.00 e. The Labute approximate surface area is 130 Å². The number of sulfone groups is 1. The molecule has 1 aromatic carbocycles. The van der Waals surface area contributed by atoms with E-state index in [1.807, 2.05) is 6.92 Å². The second-order valence-corrected chi connectivity index (χ2v) is 7.45. The zero-order valence-electron chi connectivity index (χ0n) is 10.5. The van der Waals surface area contributed by atoms with Crippen LogP contribution < -0.4 is 29.6 Å². The van der Waals surface area contributed by atoms with Gasteiger partial charge in [0.1, 0.15) is 0 Å². The Hall–Kier alpha value is 0.0800. The third-order valence-electron chi connectivity index (χ3n) is 2.27. The van der Waals surface area contributed by atoms with Crippen LogP contribution in [0.2, 0.25) is 0 Å². The van der Waals surface area contributed by atoms with E-state index in [1.165, 1.54) is 6.07 Å². The van der Waals surface area contributed by atoms with Crippen LogP contribution in [0.5, 0.6) is 0 Å². The first-order valence-electron chi connectivity index (χ1n) is 4.85. The number of rotatable bonds is 4. The zero-order valence-corrected chi connectivity index (χ0v) is 14.1. The van der Waals surface area contributed by atoms with E-state index in [0.29, 0.717) is 5.56 Å². The Morgan fingerprint density at radius 1 is 1.06 bits per heavy atom. The standard InChI is InChI=1S/C10H14O5S2.Na/c1-8-3-4-10(9(2)7-8)16(11,12)5-6-17(13,14)15;/h3-4,7H,5-6H2,1-2H3,(H,13,14,15);/q;+1/p-1. The molecule has 0 unspecified atom stereocenters. The fourth-order valence-electron chi connectivity index (χ4n) is 1.47. The van der Waals surface area contributed by atoms with Crippen molar-refractivity contribution in [3.8, 4) is 0 Å². The molecule has 0 fully saturated rings. The molecule has 5 nitrogen and oxygen atoms in total. The second-order valence-electron chi connectivity index (χ2n) is 3.85. The summed E-state index contributed by atoms with van der Waals surface area (Å²) in [6.45, 7) is 3.46. The van der Waals surface area contributed by atoms with Gasteiger partial charge in [-0.25, -0.2) is 16.8 Å². The van der Waals surface area contributed by atoms with Gasteiger partial charge in [-0.1, -0.05) is 17.7 Å². The van der Waals surface area contributed by atoms with Gasteiger partial charge in [0.2, 0.25) is 0 Å². The zero-order chi connectivity index (χ0) is 13.3. The van der Waals surface area contributed by atoms with E-state index in [0.717, 1.165) is 5.56 Å². The Kier molecular flexibility index (Phi) is 6.52. The molecule has 0 bridgehead atoms. The average molecular weight is 300 g/mol. The molecule has 0 aliphatic rings. The molecular formula is C10H13NaO5S2. The minimum absolute atomic E-state index is 0. The van der Waals surface area contributed by atoms with Gasteiger partial charge < -0.3 is 4.55 Å².